The van der Waals surface area contributed by atoms with E-state index in [0.717, 1.165) is 6.42 Å². The Morgan fingerprint density at radius 2 is 1.26 bits per heavy atom. The van der Waals surface area contributed by atoms with E-state index in [-0.39, 0.29) is 28.4 Å². The summed E-state index contributed by atoms with van der Waals surface area (Å²) in [7, 11) is 0. The van der Waals surface area contributed by atoms with Crippen LogP contribution in [0.1, 0.15) is 96.6 Å². The molecule has 2 aliphatic rings. The summed E-state index contributed by atoms with van der Waals surface area (Å²) < 4.78 is 5.91. The van der Waals surface area contributed by atoms with Gasteiger partial charge in [-0.2, -0.15) is 0 Å². The number of benzene rings is 1. The Kier molecular flexibility index (Phi) is 8.86. The zero-order valence-electron chi connectivity index (χ0n) is 23.7. The molecule has 0 atom stereocenters. The van der Waals surface area contributed by atoms with E-state index in [2.05, 4.69) is 83.2 Å². The second kappa shape index (κ2) is 12.1. The zero-order chi connectivity index (χ0) is 27.2. The van der Waals surface area contributed by atoms with Crippen molar-refractivity contribution in [2.45, 2.75) is 85.0 Å². The van der Waals surface area contributed by atoms with Crippen LogP contribution in [0.5, 0.6) is 11.5 Å². The van der Waals surface area contributed by atoms with Gasteiger partial charge >= 0.3 is 0 Å². The molecule has 202 valence electrons. The molecule has 0 fully saturated rings. The van der Waals surface area contributed by atoms with Crippen LogP contribution in [0.4, 0.5) is 0 Å². The van der Waals surface area contributed by atoms with Crippen molar-refractivity contribution in [3.63, 3.8) is 0 Å². The fourth-order valence-corrected chi connectivity index (χ4v) is 4.68. The quantitative estimate of drug-likeness (QED) is 0.241. The van der Waals surface area contributed by atoms with Crippen LogP contribution in [0.3, 0.4) is 0 Å². The van der Waals surface area contributed by atoms with Crippen molar-refractivity contribution >= 4 is 0 Å². The monoisotopic (exact) mass is 513 g/mol. The number of phenols is 1. The molecule has 0 saturated carbocycles. The number of aromatic hydroxyl groups is 1. The molecule has 2 aromatic rings. The van der Waals surface area contributed by atoms with Crippen LogP contribution in [-0.2, 0) is 0 Å². The minimum absolute atomic E-state index is 0.0131. The third kappa shape index (κ3) is 7.43. The van der Waals surface area contributed by atoms with Gasteiger partial charge in [0.1, 0.15) is 23.1 Å². The molecule has 1 aromatic heterocycles. The van der Waals surface area contributed by atoms with Gasteiger partial charge < -0.3 is 9.84 Å². The molecule has 0 amide bonds. The van der Waals surface area contributed by atoms with Crippen LogP contribution in [0, 0.1) is 10.8 Å². The van der Waals surface area contributed by atoms with Crippen LogP contribution in [0.25, 0.3) is 11.4 Å². The molecule has 2 aliphatic carbocycles. The summed E-state index contributed by atoms with van der Waals surface area (Å²) in [5.41, 5.74) is 0.605. The van der Waals surface area contributed by atoms with E-state index in [1.54, 1.807) is 6.07 Å². The van der Waals surface area contributed by atoms with Gasteiger partial charge in [0, 0.05) is 16.9 Å². The Bertz CT molecular complexity index is 1130. The Hall–Kier alpha value is -3.21. The molecule has 0 bridgehead atoms. The normalized spacial score (nSPS) is 18.2. The summed E-state index contributed by atoms with van der Waals surface area (Å²) in [6.45, 7) is 11.6. The minimum atomic E-state index is -0.0430. The maximum atomic E-state index is 10.9. The topological polar surface area (TPSA) is 68.1 Å². The lowest BCUT2D eigenvalue weighted by Gasteiger charge is -2.23. The predicted octanol–water partition coefficient (Wildman–Crippen LogP) is 8.46. The summed E-state index contributed by atoms with van der Waals surface area (Å²) in [4.78, 5) is 14.5. The Balaban J connectivity index is 1.56. The van der Waals surface area contributed by atoms with Crippen molar-refractivity contribution in [1.29, 1.82) is 0 Å². The maximum Gasteiger partial charge on any atom is 0.167 e. The van der Waals surface area contributed by atoms with E-state index < -0.39 is 0 Å². The van der Waals surface area contributed by atoms with Crippen LogP contribution in [0.15, 0.2) is 66.8 Å². The fourth-order valence-electron chi connectivity index (χ4n) is 4.68. The predicted molar refractivity (Wildman–Crippen MR) is 155 cm³/mol. The fraction of sp³-hybridized carbons (Fsp3) is 0.485. The average Bonchev–Trinajstić information content (AvgIpc) is 2.88. The van der Waals surface area contributed by atoms with E-state index in [0.29, 0.717) is 35.4 Å². The van der Waals surface area contributed by atoms with Crippen molar-refractivity contribution in [2.75, 3.05) is 6.61 Å². The Labute approximate surface area is 228 Å². The minimum Gasteiger partial charge on any atom is -0.507 e. The number of hydrogen-bond acceptors (Lipinski definition) is 5. The molecular weight excluding hydrogens is 470 g/mol. The highest BCUT2D eigenvalue weighted by Gasteiger charge is 2.24. The van der Waals surface area contributed by atoms with Crippen LogP contribution >= 0.6 is 0 Å². The van der Waals surface area contributed by atoms with Gasteiger partial charge in [0.15, 0.2) is 5.82 Å². The molecule has 1 N–H and O–H groups in total. The van der Waals surface area contributed by atoms with E-state index >= 15 is 0 Å². The summed E-state index contributed by atoms with van der Waals surface area (Å²) >= 11 is 0. The second-order valence-corrected chi connectivity index (χ2v) is 11.8. The van der Waals surface area contributed by atoms with Crippen LogP contribution < -0.4 is 4.74 Å². The van der Waals surface area contributed by atoms with Crippen molar-refractivity contribution in [3.05, 3.63) is 78.5 Å². The molecule has 0 aliphatic heterocycles. The number of phenolic OH excluding ortho intramolecular Hbond substituents is 1. The van der Waals surface area contributed by atoms with Crippen molar-refractivity contribution in [2.24, 2.45) is 10.8 Å². The molecule has 0 radical (unpaired) electrons. The number of nitrogens with zero attached hydrogens (tertiary/aromatic N) is 3. The van der Waals surface area contributed by atoms with Gasteiger partial charge in [-0.15, -0.1) is 0 Å². The number of unbranched alkanes of at least 4 members (excludes halogenated alkanes) is 5. The van der Waals surface area contributed by atoms with Gasteiger partial charge in [-0.25, -0.2) is 15.0 Å². The van der Waals surface area contributed by atoms with E-state index in [9.17, 15) is 5.11 Å². The molecule has 4 rings (SSSR count). The first-order valence-electron chi connectivity index (χ1n) is 14.2. The van der Waals surface area contributed by atoms with Crippen LogP contribution in [-0.4, -0.2) is 26.7 Å². The van der Waals surface area contributed by atoms with Gasteiger partial charge in [0.05, 0.1) is 24.0 Å². The molecule has 1 aromatic carbocycles. The Morgan fingerprint density at radius 3 is 1.79 bits per heavy atom. The molecule has 0 saturated heterocycles. The molecule has 38 heavy (non-hydrogen) atoms. The lowest BCUT2D eigenvalue weighted by Crippen LogP contribution is -2.15. The SMILES string of the molecule is CCCCCCCCOc1ccc(-c2nc(C3C=CC(C)(C)C=C3)nc(C3C=CC(C)(C)C=C3)n2)c(O)c1. The number of aromatic nitrogens is 3. The summed E-state index contributed by atoms with van der Waals surface area (Å²) in [5.74, 6) is 2.53. The third-order valence-electron chi connectivity index (χ3n) is 7.18. The standard InChI is InChI=1S/C33H43N3O2/c1-6-7-8-9-10-11-22-38-26-12-13-27(28(37)23-26)31-35-29(24-14-18-32(2,3)19-15-24)34-30(36-31)25-16-20-33(4,5)21-17-25/h12-21,23-25,37H,6-11,22H2,1-5H3. The highest BCUT2D eigenvalue weighted by Crippen LogP contribution is 2.35. The van der Waals surface area contributed by atoms with E-state index in [1.165, 1.54) is 32.1 Å². The molecular formula is C33H43N3O2. The summed E-state index contributed by atoms with van der Waals surface area (Å²) in [6.07, 6.45) is 24.6. The van der Waals surface area contributed by atoms with Gasteiger partial charge in [-0.3, -0.25) is 0 Å². The largest absolute Gasteiger partial charge is 0.507 e. The molecule has 5 nitrogen and oxygen atoms in total. The molecule has 0 spiro atoms. The number of allylic oxidation sites excluding steroid dienone is 8. The molecule has 0 unspecified atom stereocenters. The maximum absolute atomic E-state index is 10.9. The van der Waals surface area contributed by atoms with Crippen molar-refractivity contribution in [3.8, 4) is 22.9 Å². The smallest absolute Gasteiger partial charge is 0.167 e. The lowest BCUT2D eigenvalue weighted by atomic mass is 9.84. The van der Waals surface area contributed by atoms with Crippen molar-refractivity contribution in [1.82, 2.24) is 15.0 Å². The number of hydrogen-bond donors (Lipinski definition) is 1. The van der Waals surface area contributed by atoms with E-state index in [1.807, 2.05) is 12.1 Å². The lowest BCUT2D eigenvalue weighted by molar-refractivity contribution is 0.303. The Morgan fingerprint density at radius 1 is 0.737 bits per heavy atom. The number of ether oxygens (including phenoxy) is 1. The van der Waals surface area contributed by atoms with Gasteiger partial charge in [-0.1, -0.05) is 115 Å². The van der Waals surface area contributed by atoms with Gasteiger partial charge in [-0.05, 0) is 18.6 Å². The van der Waals surface area contributed by atoms with Gasteiger partial charge in [0.2, 0.25) is 0 Å². The molecule has 1 heterocycles. The highest BCUT2D eigenvalue weighted by atomic mass is 16.5. The van der Waals surface area contributed by atoms with E-state index in [4.69, 9.17) is 19.7 Å². The summed E-state index contributed by atoms with van der Waals surface area (Å²) in [6, 6.07) is 5.41. The highest BCUT2D eigenvalue weighted by molar-refractivity contribution is 5.65. The van der Waals surface area contributed by atoms with Gasteiger partial charge in [0.25, 0.3) is 0 Å². The number of rotatable bonds is 11. The average molecular weight is 514 g/mol. The zero-order valence-corrected chi connectivity index (χ0v) is 23.7. The van der Waals surface area contributed by atoms with Crippen LogP contribution in [0.2, 0.25) is 0 Å². The summed E-state index contributed by atoms with van der Waals surface area (Å²) in [5, 5.41) is 10.9. The first-order chi connectivity index (χ1) is 18.2. The first kappa shape index (κ1) is 27.8. The van der Waals surface area contributed by atoms with Crippen molar-refractivity contribution < 1.29 is 9.84 Å². The first-order valence-corrected chi connectivity index (χ1v) is 14.2. The molecule has 5 heteroatoms. The third-order valence-corrected chi connectivity index (χ3v) is 7.18. The second-order valence-electron chi connectivity index (χ2n) is 11.8.